The lowest BCUT2D eigenvalue weighted by Gasteiger charge is -2.14. The molecule has 2 N–H and O–H groups in total. The predicted octanol–water partition coefficient (Wildman–Crippen LogP) is 2.27. The van der Waals surface area contributed by atoms with Crippen LogP contribution in [-0.4, -0.2) is 11.8 Å². The molecule has 2 nitrogen and oxygen atoms in total. The van der Waals surface area contributed by atoms with Gasteiger partial charge in [0.15, 0.2) is 5.78 Å². The molecule has 0 aromatic heterocycles. The van der Waals surface area contributed by atoms with Crippen LogP contribution in [0.2, 0.25) is 0 Å². The molecule has 0 bridgehead atoms. The highest BCUT2D eigenvalue weighted by molar-refractivity contribution is 5.98. The highest BCUT2D eigenvalue weighted by atomic mass is 19.1. The van der Waals surface area contributed by atoms with Crippen LogP contribution in [0.1, 0.15) is 29.6 Å². The van der Waals surface area contributed by atoms with Gasteiger partial charge >= 0.3 is 0 Å². The third-order valence-corrected chi connectivity index (χ3v) is 3.10. The smallest absolute Gasteiger partial charge is 0.170 e. The van der Waals surface area contributed by atoms with Gasteiger partial charge in [0.05, 0.1) is 5.56 Å². The predicted molar refractivity (Wildman–Crippen MR) is 56.0 cm³/mol. The van der Waals surface area contributed by atoms with E-state index in [1.807, 2.05) is 0 Å². The molecule has 0 spiro atoms. The van der Waals surface area contributed by atoms with E-state index in [-0.39, 0.29) is 23.3 Å². The Morgan fingerprint density at radius 1 is 1.31 bits per heavy atom. The molecule has 86 valence electrons. The maximum atomic E-state index is 13.4. The van der Waals surface area contributed by atoms with Gasteiger partial charge in [0.25, 0.3) is 0 Å². The fourth-order valence-corrected chi connectivity index (χ4v) is 2.20. The van der Waals surface area contributed by atoms with Gasteiger partial charge in [0.2, 0.25) is 0 Å². The van der Waals surface area contributed by atoms with E-state index in [4.69, 9.17) is 5.73 Å². The van der Waals surface area contributed by atoms with Crippen molar-refractivity contribution < 1.29 is 13.6 Å². The van der Waals surface area contributed by atoms with Gasteiger partial charge in [-0.15, -0.1) is 0 Å². The normalized spacial score (nSPS) is 24.7. The van der Waals surface area contributed by atoms with E-state index in [1.165, 1.54) is 6.07 Å². The number of rotatable bonds is 2. The summed E-state index contributed by atoms with van der Waals surface area (Å²) in [6.45, 7) is 0. The molecule has 1 fully saturated rings. The maximum Gasteiger partial charge on any atom is 0.170 e. The van der Waals surface area contributed by atoms with Crippen molar-refractivity contribution in [3.8, 4) is 0 Å². The number of carbonyl (C=O) groups excluding carboxylic acids is 1. The van der Waals surface area contributed by atoms with Crippen LogP contribution >= 0.6 is 0 Å². The monoisotopic (exact) mass is 225 g/mol. The number of Topliss-reactive ketones (excluding diaryl/α,β-unsaturated/α-hetero) is 1. The molecule has 1 aromatic rings. The van der Waals surface area contributed by atoms with E-state index in [1.54, 1.807) is 0 Å². The molecule has 2 rings (SSSR count). The van der Waals surface area contributed by atoms with Gasteiger partial charge in [0.1, 0.15) is 11.6 Å². The number of hydrogen-bond acceptors (Lipinski definition) is 2. The number of carbonyl (C=O) groups is 1. The van der Waals surface area contributed by atoms with Crippen molar-refractivity contribution in [3.05, 3.63) is 35.4 Å². The summed E-state index contributed by atoms with van der Waals surface area (Å²) in [5, 5.41) is 0. The fourth-order valence-electron chi connectivity index (χ4n) is 2.20. The van der Waals surface area contributed by atoms with Gasteiger partial charge in [-0.1, -0.05) is 6.42 Å². The first-order valence-electron chi connectivity index (χ1n) is 5.34. The average Bonchev–Trinajstić information content (AvgIpc) is 2.63. The minimum atomic E-state index is -0.802. The molecule has 1 saturated carbocycles. The summed E-state index contributed by atoms with van der Waals surface area (Å²) in [5.74, 6) is -2.10. The Morgan fingerprint density at radius 2 is 2.06 bits per heavy atom. The highest BCUT2D eigenvalue weighted by Crippen LogP contribution is 2.28. The summed E-state index contributed by atoms with van der Waals surface area (Å²) in [6, 6.07) is 2.82. The molecule has 16 heavy (non-hydrogen) atoms. The van der Waals surface area contributed by atoms with Crippen LogP contribution in [0.15, 0.2) is 18.2 Å². The zero-order chi connectivity index (χ0) is 11.7. The van der Waals surface area contributed by atoms with E-state index in [9.17, 15) is 13.6 Å². The number of nitrogens with two attached hydrogens (primary N) is 1. The van der Waals surface area contributed by atoms with Crippen molar-refractivity contribution in [2.75, 3.05) is 0 Å². The Hall–Kier alpha value is -1.29. The van der Waals surface area contributed by atoms with Crippen molar-refractivity contribution in [3.63, 3.8) is 0 Å². The molecule has 1 aliphatic rings. The van der Waals surface area contributed by atoms with Crippen LogP contribution in [0.5, 0.6) is 0 Å². The van der Waals surface area contributed by atoms with E-state index in [2.05, 4.69) is 0 Å². The molecular weight excluding hydrogens is 212 g/mol. The molecule has 4 heteroatoms. The minimum absolute atomic E-state index is 0.0521. The number of halogens is 2. The van der Waals surface area contributed by atoms with Gasteiger partial charge < -0.3 is 5.73 Å². The summed E-state index contributed by atoms with van der Waals surface area (Å²) < 4.78 is 26.1. The zero-order valence-corrected chi connectivity index (χ0v) is 8.75. The van der Waals surface area contributed by atoms with Crippen LogP contribution in [0.3, 0.4) is 0 Å². The molecule has 2 atom stereocenters. The van der Waals surface area contributed by atoms with Gasteiger partial charge in [-0.25, -0.2) is 8.78 Å². The molecule has 2 unspecified atom stereocenters. The van der Waals surface area contributed by atoms with E-state index >= 15 is 0 Å². The number of benzene rings is 1. The molecule has 0 amide bonds. The highest BCUT2D eigenvalue weighted by Gasteiger charge is 2.32. The van der Waals surface area contributed by atoms with Crippen LogP contribution in [0, 0.1) is 17.6 Å². The summed E-state index contributed by atoms with van der Waals surface area (Å²) in [5.41, 5.74) is 5.73. The van der Waals surface area contributed by atoms with Crippen LogP contribution < -0.4 is 5.73 Å². The molecule has 1 aliphatic carbocycles. The number of hydrogen-bond donors (Lipinski definition) is 1. The molecule has 0 aliphatic heterocycles. The Balaban J connectivity index is 2.27. The van der Waals surface area contributed by atoms with Gasteiger partial charge in [-0.3, -0.25) is 4.79 Å². The Bertz CT molecular complexity index is 419. The molecule has 0 radical (unpaired) electrons. The van der Waals surface area contributed by atoms with Crippen LogP contribution in [0.4, 0.5) is 8.78 Å². The molecule has 1 aromatic carbocycles. The maximum absolute atomic E-state index is 13.4. The van der Waals surface area contributed by atoms with Crippen molar-refractivity contribution in [1.29, 1.82) is 0 Å². The van der Waals surface area contributed by atoms with Gasteiger partial charge in [0, 0.05) is 18.0 Å². The lowest BCUT2D eigenvalue weighted by atomic mass is 9.93. The van der Waals surface area contributed by atoms with Crippen molar-refractivity contribution in [1.82, 2.24) is 0 Å². The second-order valence-electron chi connectivity index (χ2n) is 4.19. The summed E-state index contributed by atoms with van der Waals surface area (Å²) in [6.07, 6.45) is 2.37. The van der Waals surface area contributed by atoms with Crippen molar-refractivity contribution >= 4 is 5.78 Å². The third-order valence-electron chi connectivity index (χ3n) is 3.10. The van der Waals surface area contributed by atoms with Crippen LogP contribution in [0.25, 0.3) is 0 Å². The van der Waals surface area contributed by atoms with E-state index in [0.717, 1.165) is 25.0 Å². The lowest BCUT2D eigenvalue weighted by Crippen LogP contribution is -2.31. The standard InChI is InChI=1S/C12H13F2NO/c13-7-4-5-8(10(14)6-7)12(16)9-2-1-3-11(9)15/h4-6,9,11H,1-3,15H2. The summed E-state index contributed by atoms with van der Waals surface area (Å²) in [7, 11) is 0. The largest absolute Gasteiger partial charge is 0.327 e. The second-order valence-corrected chi connectivity index (χ2v) is 4.19. The summed E-state index contributed by atoms with van der Waals surface area (Å²) >= 11 is 0. The van der Waals surface area contributed by atoms with Crippen molar-refractivity contribution in [2.24, 2.45) is 11.7 Å². The number of ketones is 1. The Labute approximate surface area is 92.4 Å². The first-order valence-corrected chi connectivity index (χ1v) is 5.34. The molecule has 0 heterocycles. The minimum Gasteiger partial charge on any atom is -0.327 e. The van der Waals surface area contributed by atoms with Crippen molar-refractivity contribution in [2.45, 2.75) is 25.3 Å². The van der Waals surface area contributed by atoms with E-state index < -0.39 is 11.6 Å². The fraction of sp³-hybridized carbons (Fsp3) is 0.417. The quantitative estimate of drug-likeness (QED) is 0.784. The molecule has 0 saturated heterocycles. The van der Waals surface area contributed by atoms with Crippen LogP contribution in [-0.2, 0) is 0 Å². The topological polar surface area (TPSA) is 43.1 Å². The van der Waals surface area contributed by atoms with Gasteiger partial charge in [-0.05, 0) is 25.0 Å². The second kappa shape index (κ2) is 4.29. The zero-order valence-electron chi connectivity index (χ0n) is 8.75. The van der Waals surface area contributed by atoms with Gasteiger partial charge in [-0.2, -0.15) is 0 Å². The SMILES string of the molecule is NC1CCCC1C(=O)c1ccc(F)cc1F. The summed E-state index contributed by atoms with van der Waals surface area (Å²) in [4.78, 5) is 11.9. The lowest BCUT2D eigenvalue weighted by molar-refractivity contribution is 0.0909. The Morgan fingerprint density at radius 3 is 2.62 bits per heavy atom. The first-order chi connectivity index (χ1) is 7.59. The average molecular weight is 225 g/mol. The first kappa shape index (κ1) is 11.2. The molecular formula is C12H13F2NO. The van der Waals surface area contributed by atoms with E-state index in [0.29, 0.717) is 6.42 Å². The third kappa shape index (κ3) is 1.97. The Kier molecular flexibility index (Phi) is 3.01.